The van der Waals surface area contributed by atoms with Gasteiger partial charge in [-0.25, -0.2) is 4.79 Å². The molecule has 3 aromatic rings. The highest BCUT2D eigenvalue weighted by Crippen LogP contribution is 2.27. The topological polar surface area (TPSA) is 84.8 Å². The van der Waals surface area contributed by atoms with Crippen molar-refractivity contribution in [1.29, 1.82) is 0 Å². The minimum atomic E-state index is -0.369. The Morgan fingerprint density at radius 3 is 2.69 bits per heavy atom. The quantitative estimate of drug-likeness (QED) is 0.594. The van der Waals surface area contributed by atoms with Gasteiger partial charge in [-0.15, -0.1) is 0 Å². The first kappa shape index (κ1) is 22.0. The number of methoxy groups -OCH3 is 1. The van der Waals surface area contributed by atoms with Gasteiger partial charge in [0.1, 0.15) is 12.3 Å². The summed E-state index contributed by atoms with van der Waals surface area (Å²) in [6, 6.07) is 12.4. The summed E-state index contributed by atoms with van der Waals surface area (Å²) in [4.78, 5) is 27.0. The van der Waals surface area contributed by atoms with Gasteiger partial charge in [-0.3, -0.25) is 4.79 Å². The minimum Gasteiger partial charge on any atom is -0.497 e. The number of rotatable bonds is 6. The average molecular weight is 457 g/mol. The van der Waals surface area contributed by atoms with Gasteiger partial charge >= 0.3 is 6.03 Å². The number of carbonyl (C=O) groups excluding carboxylic acids is 2. The van der Waals surface area contributed by atoms with E-state index in [9.17, 15) is 9.59 Å². The van der Waals surface area contributed by atoms with Crippen molar-refractivity contribution in [3.8, 4) is 5.75 Å². The van der Waals surface area contributed by atoms with E-state index in [1.165, 1.54) is 0 Å². The Labute approximate surface area is 191 Å². The highest BCUT2D eigenvalue weighted by Gasteiger charge is 2.19. The van der Waals surface area contributed by atoms with Gasteiger partial charge in [0.2, 0.25) is 5.91 Å². The zero-order chi connectivity index (χ0) is 22.5. The molecule has 0 unspecified atom stereocenters. The number of carbonyl (C=O) groups is 2. The van der Waals surface area contributed by atoms with E-state index >= 15 is 0 Å². The molecule has 0 saturated carbocycles. The molecule has 168 valence electrons. The van der Waals surface area contributed by atoms with E-state index < -0.39 is 0 Å². The number of fused-ring (bicyclic) bond motifs is 1. The minimum absolute atomic E-state index is 0.0389. The van der Waals surface area contributed by atoms with Gasteiger partial charge in [0.05, 0.1) is 31.0 Å². The zero-order valence-corrected chi connectivity index (χ0v) is 18.5. The number of ether oxygens (including phenoxy) is 2. The number of hydrogen-bond donors (Lipinski definition) is 2. The lowest BCUT2D eigenvalue weighted by Gasteiger charge is -2.27. The molecule has 3 amide bonds. The zero-order valence-electron chi connectivity index (χ0n) is 17.8. The van der Waals surface area contributed by atoms with Crippen LogP contribution in [0.5, 0.6) is 5.75 Å². The lowest BCUT2D eigenvalue weighted by atomic mass is 10.1. The van der Waals surface area contributed by atoms with E-state index in [-0.39, 0.29) is 25.0 Å². The highest BCUT2D eigenvalue weighted by atomic mass is 35.5. The van der Waals surface area contributed by atoms with Crippen LogP contribution >= 0.6 is 11.6 Å². The van der Waals surface area contributed by atoms with E-state index in [2.05, 4.69) is 10.6 Å². The number of morpholine rings is 1. The maximum absolute atomic E-state index is 12.8. The molecule has 1 saturated heterocycles. The first-order valence-electron chi connectivity index (χ1n) is 10.4. The number of hydrogen-bond acceptors (Lipinski definition) is 4. The Balaban J connectivity index is 1.51. The first-order valence-corrected chi connectivity index (χ1v) is 10.7. The number of halogens is 1. The van der Waals surface area contributed by atoms with Gasteiger partial charge in [-0.1, -0.05) is 23.7 Å². The van der Waals surface area contributed by atoms with Crippen LogP contribution in [0, 0.1) is 0 Å². The Morgan fingerprint density at radius 2 is 1.94 bits per heavy atom. The van der Waals surface area contributed by atoms with Gasteiger partial charge in [0, 0.05) is 36.7 Å². The predicted octanol–water partition coefficient (Wildman–Crippen LogP) is 3.48. The summed E-state index contributed by atoms with van der Waals surface area (Å²) in [6.07, 6.45) is 1.90. The summed E-state index contributed by atoms with van der Waals surface area (Å²) >= 11 is 6.11. The molecule has 1 aromatic heterocycles. The fraction of sp³-hybridized carbons (Fsp3) is 0.304. The second-order valence-electron chi connectivity index (χ2n) is 7.45. The van der Waals surface area contributed by atoms with Crippen LogP contribution in [-0.4, -0.2) is 54.8 Å². The number of urea groups is 1. The van der Waals surface area contributed by atoms with Crippen molar-refractivity contribution in [3.63, 3.8) is 0 Å². The van der Waals surface area contributed by atoms with E-state index in [0.29, 0.717) is 42.8 Å². The van der Waals surface area contributed by atoms with Gasteiger partial charge in [-0.05, 0) is 35.9 Å². The van der Waals surface area contributed by atoms with Crippen LogP contribution < -0.4 is 15.4 Å². The molecule has 4 rings (SSSR count). The van der Waals surface area contributed by atoms with E-state index in [1.807, 2.05) is 33.9 Å². The monoisotopic (exact) mass is 456 g/mol. The van der Waals surface area contributed by atoms with E-state index in [1.54, 1.807) is 31.4 Å². The smallest absolute Gasteiger partial charge is 0.319 e. The molecule has 1 aliphatic heterocycles. The SMILES string of the molecule is COc1ccc2c(c1)c(CNC(=O)Nc1ccccc1Cl)cn2CC(=O)N1CCOCC1. The van der Waals surface area contributed by atoms with Crippen molar-refractivity contribution in [2.45, 2.75) is 13.1 Å². The number of anilines is 1. The fourth-order valence-corrected chi connectivity index (χ4v) is 3.89. The summed E-state index contributed by atoms with van der Waals surface area (Å²) in [7, 11) is 1.61. The summed E-state index contributed by atoms with van der Waals surface area (Å²) in [6.45, 7) is 2.81. The molecule has 0 atom stereocenters. The molecule has 0 radical (unpaired) electrons. The molecule has 2 heterocycles. The Kier molecular flexibility index (Phi) is 6.82. The van der Waals surface area contributed by atoms with Crippen molar-refractivity contribution < 1.29 is 19.1 Å². The second kappa shape index (κ2) is 9.93. The van der Waals surface area contributed by atoms with Crippen molar-refractivity contribution in [2.24, 2.45) is 0 Å². The van der Waals surface area contributed by atoms with Crippen molar-refractivity contribution in [3.05, 3.63) is 59.2 Å². The number of amides is 3. The Morgan fingerprint density at radius 1 is 1.16 bits per heavy atom. The van der Waals surface area contributed by atoms with Crippen molar-refractivity contribution in [2.75, 3.05) is 38.7 Å². The molecule has 0 bridgehead atoms. The Hall–Kier alpha value is -3.23. The summed E-state index contributed by atoms with van der Waals surface area (Å²) in [5, 5.41) is 6.98. The fourth-order valence-electron chi connectivity index (χ4n) is 3.71. The summed E-state index contributed by atoms with van der Waals surface area (Å²) in [5.41, 5.74) is 2.31. The molecule has 32 heavy (non-hydrogen) atoms. The van der Waals surface area contributed by atoms with Gasteiger partial charge in [0.25, 0.3) is 0 Å². The molecule has 1 aliphatic rings. The van der Waals surface area contributed by atoms with Crippen LogP contribution in [0.15, 0.2) is 48.7 Å². The van der Waals surface area contributed by atoms with E-state index in [0.717, 1.165) is 16.5 Å². The number of nitrogens with one attached hydrogen (secondary N) is 2. The third kappa shape index (κ3) is 4.98. The Bertz CT molecular complexity index is 1120. The van der Waals surface area contributed by atoms with E-state index in [4.69, 9.17) is 21.1 Å². The standard InChI is InChI=1S/C23H25ClN4O4/c1-31-17-6-7-21-18(12-17)16(13-25-23(30)26-20-5-3-2-4-19(20)24)14-28(21)15-22(29)27-8-10-32-11-9-27/h2-7,12,14H,8-11,13,15H2,1H3,(H2,25,26,30). The molecule has 0 aliphatic carbocycles. The number of para-hydroxylation sites is 1. The second-order valence-corrected chi connectivity index (χ2v) is 7.85. The maximum Gasteiger partial charge on any atom is 0.319 e. The van der Waals surface area contributed by atoms with Gasteiger partial charge < -0.3 is 29.6 Å². The molecule has 9 heteroatoms. The lowest BCUT2D eigenvalue weighted by Crippen LogP contribution is -2.42. The molecule has 2 N–H and O–H groups in total. The van der Waals surface area contributed by atoms with Crippen molar-refractivity contribution in [1.82, 2.24) is 14.8 Å². The molecular formula is C23H25ClN4O4. The van der Waals surface area contributed by atoms with Gasteiger partial charge in [0.15, 0.2) is 0 Å². The number of benzene rings is 2. The van der Waals surface area contributed by atoms with Crippen LogP contribution in [0.3, 0.4) is 0 Å². The average Bonchev–Trinajstić information content (AvgIpc) is 3.16. The third-order valence-corrected chi connectivity index (χ3v) is 5.73. The lowest BCUT2D eigenvalue weighted by molar-refractivity contribution is -0.135. The highest BCUT2D eigenvalue weighted by molar-refractivity contribution is 6.33. The normalized spacial score (nSPS) is 13.8. The molecule has 2 aromatic carbocycles. The summed E-state index contributed by atoms with van der Waals surface area (Å²) < 4.78 is 12.6. The van der Waals surface area contributed by atoms with Gasteiger partial charge in [-0.2, -0.15) is 0 Å². The maximum atomic E-state index is 12.8. The molecule has 8 nitrogen and oxygen atoms in total. The van der Waals surface area contributed by atoms with Crippen LogP contribution in [0.1, 0.15) is 5.56 Å². The molecular weight excluding hydrogens is 432 g/mol. The predicted molar refractivity (Wildman–Crippen MR) is 123 cm³/mol. The van der Waals surface area contributed by atoms with Crippen molar-refractivity contribution >= 4 is 40.1 Å². The number of nitrogens with zero attached hydrogens (tertiary/aromatic N) is 2. The first-order chi connectivity index (χ1) is 15.5. The summed E-state index contributed by atoms with van der Waals surface area (Å²) in [5.74, 6) is 0.744. The molecule has 0 spiro atoms. The van der Waals surface area contributed by atoms with Crippen LogP contribution in [0.25, 0.3) is 10.9 Å². The molecule has 1 fully saturated rings. The third-order valence-electron chi connectivity index (χ3n) is 5.40. The number of aromatic nitrogens is 1. The van der Waals surface area contributed by atoms with Crippen LogP contribution in [-0.2, 0) is 22.6 Å². The van der Waals surface area contributed by atoms with Crippen LogP contribution in [0.2, 0.25) is 5.02 Å². The largest absolute Gasteiger partial charge is 0.497 e. The van der Waals surface area contributed by atoms with Crippen LogP contribution in [0.4, 0.5) is 10.5 Å².